The summed E-state index contributed by atoms with van der Waals surface area (Å²) >= 11 is 0. The van der Waals surface area contributed by atoms with E-state index in [4.69, 9.17) is 4.74 Å². The zero-order valence-electron chi connectivity index (χ0n) is 13.4. The monoisotopic (exact) mass is 322 g/mol. The Kier molecular flexibility index (Phi) is 4.86. The molecule has 0 atom stereocenters. The van der Waals surface area contributed by atoms with Gasteiger partial charge in [0.15, 0.2) is 0 Å². The van der Waals surface area contributed by atoms with Crippen LogP contribution in [0.3, 0.4) is 0 Å². The molecule has 122 valence electrons. The molecule has 3 aromatic rings. The van der Waals surface area contributed by atoms with E-state index in [0.717, 1.165) is 11.4 Å². The van der Waals surface area contributed by atoms with E-state index in [2.05, 4.69) is 10.1 Å². The summed E-state index contributed by atoms with van der Waals surface area (Å²) in [5.41, 5.74) is 1.49. The van der Waals surface area contributed by atoms with Gasteiger partial charge < -0.3 is 9.64 Å². The molecule has 1 aromatic heterocycles. The van der Waals surface area contributed by atoms with Crippen LogP contribution in [-0.4, -0.2) is 45.8 Å². The lowest BCUT2D eigenvalue weighted by molar-refractivity contribution is 0.0774. The highest BCUT2D eigenvalue weighted by Gasteiger charge is 2.11. The topological polar surface area (TPSA) is 60.2 Å². The van der Waals surface area contributed by atoms with Crippen LogP contribution in [0.5, 0.6) is 5.75 Å². The summed E-state index contributed by atoms with van der Waals surface area (Å²) in [6, 6.07) is 16.8. The van der Waals surface area contributed by atoms with Crippen molar-refractivity contribution in [1.29, 1.82) is 0 Å². The second kappa shape index (κ2) is 7.41. The fourth-order valence-electron chi connectivity index (χ4n) is 2.24. The van der Waals surface area contributed by atoms with Crippen LogP contribution in [0.2, 0.25) is 0 Å². The number of para-hydroxylation sites is 1. The first kappa shape index (κ1) is 15.7. The van der Waals surface area contributed by atoms with Crippen LogP contribution in [0, 0.1) is 0 Å². The number of carbonyl (C=O) groups is 1. The average molecular weight is 322 g/mol. The van der Waals surface area contributed by atoms with Crippen molar-refractivity contribution in [3.63, 3.8) is 0 Å². The molecule has 0 spiro atoms. The van der Waals surface area contributed by atoms with E-state index in [-0.39, 0.29) is 5.91 Å². The second-order valence-corrected chi connectivity index (χ2v) is 5.28. The van der Waals surface area contributed by atoms with Gasteiger partial charge >= 0.3 is 0 Å². The van der Waals surface area contributed by atoms with E-state index in [9.17, 15) is 4.79 Å². The summed E-state index contributed by atoms with van der Waals surface area (Å²) in [5, 5.41) is 4.06. The fraction of sp³-hybridized carbons (Fsp3) is 0.167. The number of ether oxygens (including phenoxy) is 1. The first-order chi connectivity index (χ1) is 11.7. The normalized spacial score (nSPS) is 10.4. The molecule has 0 radical (unpaired) electrons. The third-order valence-electron chi connectivity index (χ3n) is 3.58. The molecular weight excluding hydrogens is 304 g/mol. The molecule has 6 heteroatoms. The van der Waals surface area contributed by atoms with Crippen molar-refractivity contribution >= 4 is 5.91 Å². The van der Waals surface area contributed by atoms with E-state index >= 15 is 0 Å². The van der Waals surface area contributed by atoms with Gasteiger partial charge in [-0.05, 0) is 36.4 Å². The molecule has 0 saturated heterocycles. The maximum atomic E-state index is 12.4. The van der Waals surface area contributed by atoms with Gasteiger partial charge in [-0.1, -0.05) is 18.2 Å². The van der Waals surface area contributed by atoms with Crippen molar-refractivity contribution in [3.8, 4) is 11.4 Å². The predicted octanol–water partition coefficient (Wildman–Crippen LogP) is 2.42. The van der Waals surface area contributed by atoms with Crippen LogP contribution in [0.4, 0.5) is 0 Å². The van der Waals surface area contributed by atoms with Crippen molar-refractivity contribution in [3.05, 3.63) is 72.8 Å². The van der Waals surface area contributed by atoms with E-state index in [1.165, 1.54) is 6.33 Å². The minimum atomic E-state index is -0.0446. The third-order valence-corrected chi connectivity index (χ3v) is 3.58. The first-order valence-corrected chi connectivity index (χ1v) is 7.62. The molecule has 2 aromatic carbocycles. The van der Waals surface area contributed by atoms with Gasteiger partial charge in [-0.3, -0.25) is 4.79 Å². The van der Waals surface area contributed by atoms with Gasteiger partial charge in [0.2, 0.25) is 0 Å². The summed E-state index contributed by atoms with van der Waals surface area (Å²) < 4.78 is 7.26. The Morgan fingerprint density at radius 2 is 1.88 bits per heavy atom. The van der Waals surface area contributed by atoms with Crippen LogP contribution in [0.1, 0.15) is 10.4 Å². The smallest absolute Gasteiger partial charge is 0.253 e. The SMILES string of the molecule is CN(CCOc1ccccc1)C(=O)c1ccc(-n2cncn2)cc1. The average Bonchev–Trinajstić information content (AvgIpc) is 3.17. The van der Waals surface area contributed by atoms with Crippen LogP contribution in [0.25, 0.3) is 5.69 Å². The Balaban J connectivity index is 1.55. The predicted molar refractivity (Wildman–Crippen MR) is 90.3 cm³/mol. The molecule has 1 amide bonds. The van der Waals surface area contributed by atoms with Gasteiger partial charge in [0.25, 0.3) is 5.91 Å². The third kappa shape index (κ3) is 3.78. The van der Waals surface area contributed by atoms with Gasteiger partial charge in [-0.25, -0.2) is 9.67 Å². The molecule has 0 aliphatic heterocycles. The van der Waals surface area contributed by atoms with Gasteiger partial charge in [0, 0.05) is 12.6 Å². The summed E-state index contributed by atoms with van der Waals surface area (Å²) in [6.45, 7) is 0.960. The maximum Gasteiger partial charge on any atom is 0.253 e. The van der Waals surface area contributed by atoms with Crippen molar-refractivity contribution in [2.45, 2.75) is 0 Å². The van der Waals surface area contributed by atoms with Gasteiger partial charge in [0.1, 0.15) is 25.0 Å². The lowest BCUT2D eigenvalue weighted by Crippen LogP contribution is -2.30. The number of rotatable bonds is 6. The largest absolute Gasteiger partial charge is 0.492 e. The lowest BCUT2D eigenvalue weighted by Gasteiger charge is -2.17. The van der Waals surface area contributed by atoms with Crippen LogP contribution < -0.4 is 4.74 Å². The number of nitrogens with zero attached hydrogens (tertiary/aromatic N) is 4. The van der Waals surface area contributed by atoms with Crippen molar-refractivity contribution in [2.75, 3.05) is 20.2 Å². The Labute approximate surface area is 140 Å². The zero-order valence-corrected chi connectivity index (χ0v) is 13.4. The van der Waals surface area contributed by atoms with E-state index < -0.39 is 0 Å². The van der Waals surface area contributed by atoms with Crippen LogP contribution in [-0.2, 0) is 0 Å². The van der Waals surface area contributed by atoms with E-state index in [0.29, 0.717) is 18.7 Å². The Bertz CT molecular complexity index is 771. The Hall–Kier alpha value is -3.15. The molecule has 0 unspecified atom stereocenters. The number of hydrogen-bond donors (Lipinski definition) is 0. The minimum Gasteiger partial charge on any atom is -0.492 e. The summed E-state index contributed by atoms with van der Waals surface area (Å²) in [5.74, 6) is 0.757. The molecule has 24 heavy (non-hydrogen) atoms. The van der Waals surface area contributed by atoms with Crippen LogP contribution >= 0.6 is 0 Å². The number of aromatic nitrogens is 3. The van der Waals surface area contributed by atoms with Crippen molar-refractivity contribution in [2.24, 2.45) is 0 Å². The molecule has 0 aliphatic carbocycles. The molecule has 0 bridgehead atoms. The van der Waals surface area contributed by atoms with Gasteiger partial charge in [-0.2, -0.15) is 5.10 Å². The molecule has 0 saturated carbocycles. The molecule has 0 N–H and O–H groups in total. The summed E-state index contributed by atoms with van der Waals surface area (Å²) in [7, 11) is 1.77. The highest BCUT2D eigenvalue weighted by molar-refractivity contribution is 5.94. The number of hydrogen-bond acceptors (Lipinski definition) is 4. The van der Waals surface area contributed by atoms with E-state index in [1.807, 2.05) is 42.5 Å². The van der Waals surface area contributed by atoms with Crippen molar-refractivity contribution in [1.82, 2.24) is 19.7 Å². The standard InChI is InChI=1S/C18H18N4O2/c1-21(11-12-24-17-5-3-2-4-6-17)18(23)15-7-9-16(10-8-15)22-14-19-13-20-22/h2-10,13-14H,11-12H2,1H3. The molecule has 0 fully saturated rings. The summed E-state index contributed by atoms with van der Waals surface area (Å²) in [4.78, 5) is 18.0. The summed E-state index contributed by atoms with van der Waals surface area (Å²) in [6.07, 6.45) is 3.09. The maximum absolute atomic E-state index is 12.4. The number of benzene rings is 2. The highest BCUT2D eigenvalue weighted by Crippen LogP contribution is 2.11. The number of amides is 1. The molecular formula is C18H18N4O2. The Morgan fingerprint density at radius 1 is 1.12 bits per heavy atom. The molecule has 0 aliphatic rings. The van der Waals surface area contributed by atoms with Crippen LogP contribution in [0.15, 0.2) is 67.3 Å². The highest BCUT2D eigenvalue weighted by atomic mass is 16.5. The second-order valence-electron chi connectivity index (χ2n) is 5.28. The zero-order chi connectivity index (χ0) is 16.8. The van der Waals surface area contributed by atoms with Gasteiger partial charge in [0.05, 0.1) is 12.2 Å². The minimum absolute atomic E-state index is 0.0446. The fourth-order valence-corrected chi connectivity index (χ4v) is 2.24. The quantitative estimate of drug-likeness (QED) is 0.699. The molecule has 1 heterocycles. The number of likely N-dealkylation sites (N-methyl/N-ethyl adjacent to an activating group) is 1. The van der Waals surface area contributed by atoms with Crippen molar-refractivity contribution < 1.29 is 9.53 Å². The lowest BCUT2D eigenvalue weighted by atomic mass is 10.2. The number of carbonyl (C=O) groups excluding carboxylic acids is 1. The Morgan fingerprint density at radius 3 is 2.54 bits per heavy atom. The van der Waals surface area contributed by atoms with Gasteiger partial charge in [-0.15, -0.1) is 0 Å². The molecule has 6 nitrogen and oxygen atoms in total. The molecule has 3 rings (SSSR count). The first-order valence-electron chi connectivity index (χ1n) is 7.62. The van der Waals surface area contributed by atoms with E-state index in [1.54, 1.807) is 35.1 Å².